The molecule has 8 heteroatoms. The number of carbonyl (C=O) groups excluding carboxylic acids is 1. The molecular formula is C24H27N3O4S. The van der Waals surface area contributed by atoms with E-state index in [4.69, 9.17) is 19.2 Å². The molecule has 2 heterocycles. The highest BCUT2D eigenvalue weighted by molar-refractivity contribution is 8.18. The third-order valence-electron chi connectivity index (χ3n) is 5.27. The Bertz CT molecular complexity index is 1000. The highest BCUT2D eigenvalue weighted by Crippen LogP contribution is 2.36. The number of amidine groups is 1. The standard InChI is InChI=1S/C24H27N3O4S/c1-29-13-12-27-23(28)22(32-24(27)25-19-6-4-3-5-7-19)16-18-8-9-20(17-21(18)30-2)26-10-14-31-15-11-26/h3-9,16-17H,10-15H2,1-2H3/b22-16-,25-24?. The van der Waals surface area contributed by atoms with E-state index in [0.717, 1.165) is 49.0 Å². The number of methoxy groups -OCH3 is 2. The van der Waals surface area contributed by atoms with E-state index in [-0.39, 0.29) is 5.91 Å². The molecule has 0 aromatic heterocycles. The predicted molar refractivity (Wildman–Crippen MR) is 129 cm³/mol. The number of rotatable bonds is 7. The van der Waals surface area contributed by atoms with Crippen LogP contribution in [0, 0.1) is 0 Å². The molecular weight excluding hydrogens is 426 g/mol. The SMILES string of the molecule is COCCN1C(=O)/C(=C/c2ccc(N3CCOCC3)cc2OC)SC1=Nc1ccccc1. The number of hydrogen-bond donors (Lipinski definition) is 0. The van der Waals surface area contributed by atoms with E-state index >= 15 is 0 Å². The van der Waals surface area contributed by atoms with Gasteiger partial charge in [-0.1, -0.05) is 18.2 Å². The van der Waals surface area contributed by atoms with Crippen molar-refractivity contribution in [1.82, 2.24) is 4.90 Å². The number of thioether (sulfide) groups is 1. The molecule has 2 fully saturated rings. The normalized spacial score (nSPS) is 19.2. The number of ether oxygens (including phenoxy) is 3. The highest BCUT2D eigenvalue weighted by atomic mass is 32.2. The molecule has 2 aromatic carbocycles. The maximum atomic E-state index is 13.2. The number of hydrogen-bond acceptors (Lipinski definition) is 7. The molecule has 2 saturated heterocycles. The lowest BCUT2D eigenvalue weighted by Gasteiger charge is -2.29. The first-order valence-electron chi connectivity index (χ1n) is 10.5. The molecule has 32 heavy (non-hydrogen) atoms. The zero-order chi connectivity index (χ0) is 22.3. The Labute approximate surface area is 192 Å². The molecule has 0 saturated carbocycles. The van der Waals surface area contributed by atoms with E-state index in [0.29, 0.717) is 23.2 Å². The van der Waals surface area contributed by atoms with Crippen LogP contribution in [0.3, 0.4) is 0 Å². The van der Waals surface area contributed by atoms with E-state index < -0.39 is 0 Å². The van der Waals surface area contributed by atoms with Gasteiger partial charge >= 0.3 is 0 Å². The van der Waals surface area contributed by atoms with E-state index in [9.17, 15) is 4.79 Å². The van der Waals surface area contributed by atoms with Crippen LogP contribution in [0.4, 0.5) is 11.4 Å². The third kappa shape index (κ3) is 5.15. The summed E-state index contributed by atoms with van der Waals surface area (Å²) in [6.07, 6.45) is 1.88. The van der Waals surface area contributed by atoms with Crippen molar-refractivity contribution in [3.05, 3.63) is 59.0 Å². The van der Waals surface area contributed by atoms with Gasteiger partial charge in [-0.3, -0.25) is 9.69 Å². The van der Waals surface area contributed by atoms with Gasteiger partial charge in [0.2, 0.25) is 0 Å². The molecule has 2 aliphatic rings. The Hall–Kier alpha value is -2.81. The summed E-state index contributed by atoms with van der Waals surface area (Å²) in [7, 11) is 3.27. The Morgan fingerprint density at radius 3 is 2.62 bits per heavy atom. The van der Waals surface area contributed by atoms with Crippen molar-refractivity contribution in [2.24, 2.45) is 4.99 Å². The summed E-state index contributed by atoms with van der Waals surface area (Å²) in [5, 5.41) is 0.647. The average Bonchev–Trinajstić information content (AvgIpc) is 3.12. The van der Waals surface area contributed by atoms with Crippen LogP contribution in [-0.2, 0) is 14.3 Å². The Balaban J connectivity index is 1.62. The van der Waals surface area contributed by atoms with Crippen molar-refractivity contribution in [2.75, 3.05) is 58.6 Å². The van der Waals surface area contributed by atoms with Crippen LogP contribution >= 0.6 is 11.8 Å². The smallest absolute Gasteiger partial charge is 0.266 e. The van der Waals surface area contributed by atoms with Crippen LogP contribution in [0.25, 0.3) is 6.08 Å². The Kier molecular flexibility index (Phi) is 7.47. The Morgan fingerprint density at radius 1 is 1.12 bits per heavy atom. The molecule has 0 spiro atoms. The van der Waals surface area contributed by atoms with Crippen LogP contribution in [0.2, 0.25) is 0 Å². The second kappa shape index (κ2) is 10.7. The lowest BCUT2D eigenvalue weighted by Crippen LogP contribution is -2.36. The van der Waals surface area contributed by atoms with Crippen molar-refractivity contribution in [1.29, 1.82) is 0 Å². The molecule has 0 N–H and O–H groups in total. The molecule has 0 unspecified atom stereocenters. The first-order chi connectivity index (χ1) is 15.7. The van der Waals surface area contributed by atoms with E-state index in [1.54, 1.807) is 19.1 Å². The predicted octanol–water partition coefficient (Wildman–Crippen LogP) is 3.78. The summed E-state index contributed by atoms with van der Waals surface area (Å²) in [5.41, 5.74) is 2.75. The molecule has 2 aromatic rings. The lowest BCUT2D eigenvalue weighted by atomic mass is 10.1. The van der Waals surface area contributed by atoms with E-state index in [1.807, 2.05) is 48.5 Å². The van der Waals surface area contributed by atoms with Gasteiger partial charge in [-0.25, -0.2) is 4.99 Å². The second-order valence-corrected chi connectivity index (χ2v) is 8.32. The third-order valence-corrected chi connectivity index (χ3v) is 6.27. The fourth-order valence-corrected chi connectivity index (χ4v) is 4.58. The number of nitrogens with zero attached hydrogens (tertiary/aromatic N) is 3. The molecule has 0 bridgehead atoms. The number of para-hydroxylation sites is 1. The molecule has 1 amide bonds. The number of benzene rings is 2. The second-order valence-electron chi connectivity index (χ2n) is 7.32. The molecule has 0 atom stereocenters. The summed E-state index contributed by atoms with van der Waals surface area (Å²) < 4.78 is 16.3. The minimum absolute atomic E-state index is 0.0824. The van der Waals surface area contributed by atoms with Gasteiger partial charge in [0.25, 0.3) is 5.91 Å². The summed E-state index contributed by atoms with van der Waals surface area (Å²) in [6.45, 7) is 4.03. The molecule has 7 nitrogen and oxygen atoms in total. The molecule has 0 radical (unpaired) electrons. The number of morpholine rings is 1. The monoisotopic (exact) mass is 453 g/mol. The number of anilines is 1. The van der Waals surface area contributed by atoms with E-state index in [2.05, 4.69) is 11.0 Å². The Morgan fingerprint density at radius 2 is 1.91 bits per heavy atom. The lowest BCUT2D eigenvalue weighted by molar-refractivity contribution is -0.122. The zero-order valence-electron chi connectivity index (χ0n) is 18.3. The summed E-state index contributed by atoms with van der Waals surface area (Å²) in [5.74, 6) is 0.646. The van der Waals surface area contributed by atoms with Crippen LogP contribution in [0.1, 0.15) is 5.56 Å². The van der Waals surface area contributed by atoms with Crippen molar-refractivity contribution in [3.63, 3.8) is 0 Å². The minimum Gasteiger partial charge on any atom is -0.496 e. The van der Waals surface area contributed by atoms with Crippen LogP contribution in [0.5, 0.6) is 5.75 Å². The first-order valence-corrected chi connectivity index (χ1v) is 11.4. The number of aliphatic imine (C=N–C) groups is 1. The van der Waals surface area contributed by atoms with Crippen molar-refractivity contribution in [3.8, 4) is 5.75 Å². The number of carbonyl (C=O) groups is 1. The molecule has 168 valence electrons. The van der Waals surface area contributed by atoms with Gasteiger partial charge in [0.15, 0.2) is 5.17 Å². The fraction of sp³-hybridized carbons (Fsp3) is 0.333. The minimum atomic E-state index is -0.0824. The van der Waals surface area contributed by atoms with Crippen molar-refractivity contribution in [2.45, 2.75) is 0 Å². The van der Waals surface area contributed by atoms with Crippen molar-refractivity contribution < 1.29 is 19.0 Å². The van der Waals surface area contributed by atoms with Crippen LogP contribution in [0.15, 0.2) is 58.4 Å². The molecule has 0 aliphatic carbocycles. The molecule has 4 rings (SSSR count). The maximum Gasteiger partial charge on any atom is 0.266 e. The first kappa shape index (κ1) is 22.4. The van der Waals surface area contributed by atoms with Gasteiger partial charge in [0.05, 0.1) is 44.1 Å². The van der Waals surface area contributed by atoms with Gasteiger partial charge in [-0.2, -0.15) is 0 Å². The van der Waals surface area contributed by atoms with Gasteiger partial charge in [-0.05, 0) is 42.1 Å². The quantitative estimate of drug-likeness (QED) is 0.595. The van der Waals surface area contributed by atoms with Gasteiger partial charge in [0, 0.05) is 37.5 Å². The number of amides is 1. The summed E-state index contributed by atoms with van der Waals surface area (Å²) in [6, 6.07) is 15.7. The average molecular weight is 454 g/mol. The summed E-state index contributed by atoms with van der Waals surface area (Å²) >= 11 is 1.37. The van der Waals surface area contributed by atoms with Crippen LogP contribution in [-0.4, -0.2) is 69.6 Å². The summed E-state index contributed by atoms with van der Waals surface area (Å²) in [4.78, 5) is 22.4. The largest absolute Gasteiger partial charge is 0.496 e. The van der Waals surface area contributed by atoms with E-state index in [1.165, 1.54) is 11.8 Å². The zero-order valence-corrected chi connectivity index (χ0v) is 19.1. The topological polar surface area (TPSA) is 63.6 Å². The van der Waals surface area contributed by atoms with Crippen molar-refractivity contribution >= 4 is 40.3 Å². The van der Waals surface area contributed by atoms with Gasteiger partial charge in [0.1, 0.15) is 5.75 Å². The maximum absolute atomic E-state index is 13.2. The molecule has 2 aliphatic heterocycles. The highest BCUT2D eigenvalue weighted by Gasteiger charge is 2.33. The van der Waals surface area contributed by atoms with Crippen LogP contribution < -0.4 is 9.64 Å². The van der Waals surface area contributed by atoms with Gasteiger partial charge < -0.3 is 19.1 Å². The van der Waals surface area contributed by atoms with Gasteiger partial charge in [-0.15, -0.1) is 0 Å². The fourth-order valence-electron chi connectivity index (χ4n) is 3.56.